The van der Waals surface area contributed by atoms with E-state index >= 15 is 0 Å². The highest BCUT2D eigenvalue weighted by molar-refractivity contribution is 14.1. The highest BCUT2D eigenvalue weighted by atomic mass is 127. The minimum atomic E-state index is 0.0690. The maximum atomic E-state index is 12.1. The second-order valence-corrected chi connectivity index (χ2v) is 5.86. The van der Waals surface area contributed by atoms with E-state index in [-0.39, 0.29) is 5.91 Å². The fourth-order valence-corrected chi connectivity index (χ4v) is 2.76. The van der Waals surface area contributed by atoms with Gasteiger partial charge >= 0.3 is 0 Å². The van der Waals surface area contributed by atoms with Gasteiger partial charge in [0.25, 0.3) is 5.91 Å². The Morgan fingerprint density at radius 3 is 2.28 bits per heavy atom. The van der Waals surface area contributed by atoms with Crippen molar-refractivity contribution in [2.24, 2.45) is 0 Å². The van der Waals surface area contributed by atoms with Crippen molar-refractivity contribution in [1.29, 1.82) is 0 Å². The van der Waals surface area contributed by atoms with E-state index in [1.807, 2.05) is 13.8 Å². The molecule has 1 aromatic carbocycles. The van der Waals surface area contributed by atoms with Gasteiger partial charge < -0.3 is 5.32 Å². The van der Waals surface area contributed by atoms with Gasteiger partial charge in [0, 0.05) is 12.1 Å². The molecule has 0 saturated carbocycles. The molecule has 1 amide bonds. The molecule has 0 bridgehead atoms. The summed E-state index contributed by atoms with van der Waals surface area (Å²) in [4.78, 5) is 12.1. The largest absolute Gasteiger partial charge is 0.352 e. The smallest absolute Gasteiger partial charge is 0.251 e. The van der Waals surface area contributed by atoms with Crippen molar-refractivity contribution in [3.8, 4) is 0 Å². The Labute approximate surface area is 124 Å². The van der Waals surface area contributed by atoms with Crippen LogP contribution in [0.1, 0.15) is 46.3 Å². The average molecular weight is 359 g/mol. The Kier molecular flexibility index (Phi) is 6.68. The van der Waals surface area contributed by atoms with Crippen LogP contribution in [-0.4, -0.2) is 16.9 Å². The topological polar surface area (TPSA) is 29.1 Å². The first kappa shape index (κ1) is 15.5. The third kappa shape index (κ3) is 4.59. The fourth-order valence-electron chi connectivity index (χ4n) is 2.22. The van der Waals surface area contributed by atoms with Crippen LogP contribution in [0.5, 0.6) is 0 Å². The van der Waals surface area contributed by atoms with E-state index in [0.29, 0.717) is 0 Å². The molecule has 0 aliphatic heterocycles. The van der Waals surface area contributed by atoms with Crippen molar-refractivity contribution in [2.75, 3.05) is 11.0 Å². The van der Waals surface area contributed by atoms with Crippen LogP contribution in [0.2, 0.25) is 0 Å². The molecule has 0 radical (unpaired) electrons. The van der Waals surface area contributed by atoms with Gasteiger partial charge in [0.05, 0.1) is 0 Å². The second kappa shape index (κ2) is 7.77. The number of alkyl halides is 1. The van der Waals surface area contributed by atoms with E-state index in [1.165, 1.54) is 22.8 Å². The molecule has 0 fully saturated rings. The molecule has 0 aromatic heterocycles. The summed E-state index contributed by atoms with van der Waals surface area (Å²) in [6, 6.07) is 4.13. The minimum absolute atomic E-state index is 0.0690. The number of carbonyl (C=O) groups is 1. The lowest BCUT2D eigenvalue weighted by molar-refractivity contribution is 0.0952. The lowest BCUT2D eigenvalue weighted by Gasteiger charge is -2.11. The molecule has 0 aliphatic carbocycles. The highest BCUT2D eigenvalue weighted by Gasteiger charge is 2.11. The second-order valence-electron chi connectivity index (χ2n) is 4.78. The summed E-state index contributed by atoms with van der Waals surface area (Å²) in [5, 5.41) is 3.02. The summed E-state index contributed by atoms with van der Waals surface area (Å²) < 4.78 is 1.20. The molecular formula is C15H22INO. The van der Waals surface area contributed by atoms with Crippen LogP contribution < -0.4 is 5.32 Å². The molecule has 0 saturated heterocycles. The molecule has 1 N–H and O–H groups in total. The number of nitrogens with one attached hydrogen (secondary N) is 1. The number of benzene rings is 1. The van der Waals surface area contributed by atoms with Crippen LogP contribution in [0.15, 0.2) is 12.1 Å². The van der Waals surface area contributed by atoms with Crippen molar-refractivity contribution in [3.05, 3.63) is 34.4 Å². The van der Waals surface area contributed by atoms with Crippen LogP contribution in [0.25, 0.3) is 0 Å². The third-order valence-electron chi connectivity index (χ3n) is 3.00. The normalized spacial score (nSPS) is 10.4. The van der Waals surface area contributed by atoms with Gasteiger partial charge in [-0.05, 0) is 49.2 Å². The van der Waals surface area contributed by atoms with Crippen molar-refractivity contribution in [2.45, 2.75) is 40.0 Å². The molecule has 2 nitrogen and oxygen atoms in total. The molecular weight excluding hydrogens is 337 g/mol. The number of carbonyl (C=O) groups excluding carboxylic acids is 1. The fraction of sp³-hybridized carbons (Fsp3) is 0.533. The van der Waals surface area contributed by atoms with Gasteiger partial charge in [-0.1, -0.05) is 46.7 Å². The van der Waals surface area contributed by atoms with Crippen LogP contribution in [-0.2, 0) is 0 Å². The Balaban J connectivity index is 2.57. The quantitative estimate of drug-likeness (QED) is 0.465. The number of hydrogen-bond donors (Lipinski definition) is 1. The van der Waals surface area contributed by atoms with Crippen LogP contribution in [0.4, 0.5) is 0 Å². The van der Waals surface area contributed by atoms with E-state index in [0.717, 1.165) is 29.7 Å². The van der Waals surface area contributed by atoms with Crippen molar-refractivity contribution < 1.29 is 4.79 Å². The molecule has 18 heavy (non-hydrogen) atoms. The number of amides is 1. The molecule has 0 heterocycles. The van der Waals surface area contributed by atoms with Crippen molar-refractivity contribution in [3.63, 3.8) is 0 Å². The van der Waals surface area contributed by atoms with E-state index < -0.39 is 0 Å². The third-order valence-corrected chi connectivity index (χ3v) is 3.76. The van der Waals surface area contributed by atoms with E-state index in [1.54, 1.807) is 0 Å². The molecule has 0 atom stereocenters. The highest BCUT2D eigenvalue weighted by Crippen LogP contribution is 2.16. The number of aryl methyl sites for hydroxylation is 3. The van der Waals surface area contributed by atoms with Gasteiger partial charge in [0.1, 0.15) is 0 Å². The predicted octanol–water partition coefficient (Wildman–Crippen LogP) is 3.95. The Morgan fingerprint density at radius 1 is 1.11 bits per heavy atom. The van der Waals surface area contributed by atoms with E-state index in [9.17, 15) is 4.79 Å². The predicted molar refractivity (Wildman–Crippen MR) is 85.7 cm³/mol. The zero-order chi connectivity index (χ0) is 13.5. The maximum absolute atomic E-state index is 12.1. The molecule has 0 unspecified atom stereocenters. The van der Waals surface area contributed by atoms with Gasteiger partial charge in [0.15, 0.2) is 0 Å². The SMILES string of the molecule is Cc1cc(C)c(C(=O)NCCCCCI)c(C)c1. The summed E-state index contributed by atoms with van der Waals surface area (Å²) in [6.07, 6.45) is 3.49. The average Bonchev–Trinajstić information content (AvgIpc) is 2.27. The first-order valence-corrected chi connectivity index (χ1v) is 8.01. The van der Waals surface area contributed by atoms with E-state index in [4.69, 9.17) is 0 Å². The first-order valence-electron chi connectivity index (χ1n) is 6.48. The van der Waals surface area contributed by atoms with Crippen LogP contribution >= 0.6 is 22.6 Å². The zero-order valence-electron chi connectivity index (χ0n) is 11.5. The zero-order valence-corrected chi connectivity index (χ0v) is 13.6. The lowest BCUT2D eigenvalue weighted by Crippen LogP contribution is -2.26. The van der Waals surface area contributed by atoms with Gasteiger partial charge in [-0.2, -0.15) is 0 Å². The Morgan fingerprint density at radius 2 is 1.72 bits per heavy atom. The summed E-state index contributed by atoms with van der Waals surface area (Å²) in [7, 11) is 0. The monoisotopic (exact) mass is 359 g/mol. The lowest BCUT2D eigenvalue weighted by atomic mass is 9.99. The summed E-state index contributed by atoms with van der Waals surface area (Å²) in [5.41, 5.74) is 4.19. The molecule has 100 valence electrons. The molecule has 1 aromatic rings. The van der Waals surface area contributed by atoms with Gasteiger partial charge in [-0.25, -0.2) is 0 Å². The number of rotatable bonds is 6. The Bertz CT molecular complexity index is 392. The summed E-state index contributed by atoms with van der Waals surface area (Å²) in [6.45, 7) is 6.85. The van der Waals surface area contributed by atoms with Gasteiger partial charge in [0.2, 0.25) is 0 Å². The molecule has 3 heteroatoms. The Hall–Kier alpha value is -0.580. The van der Waals surface area contributed by atoms with Crippen molar-refractivity contribution in [1.82, 2.24) is 5.32 Å². The van der Waals surface area contributed by atoms with Gasteiger partial charge in [-0.3, -0.25) is 4.79 Å². The molecule has 1 rings (SSSR count). The summed E-state index contributed by atoms with van der Waals surface area (Å²) >= 11 is 2.39. The molecule has 0 spiro atoms. The first-order chi connectivity index (χ1) is 8.56. The van der Waals surface area contributed by atoms with Crippen LogP contribution in [0.3, 0.4) is 0 Å². The minimum Gasteiger partial charge on any atom is -0.352 e. The van der Waals surface area contributed by atoms with Crippen LogP contribution in [0, 0.1) is 20.8 Å². The number of halogens is 1. The van der Waals surface area contributed by atoms with Crippen molar-refractivity contribution >= 4 is 28.5 Å². The number of hydrogen-bond acceptors (Lipinski definition) is 1. The summed E-state index contributed by atoms with van der Waals surface area (Å²) in [5.74, 6) is 0.0690. The standard InChI is InChI=1S/C15H22INO/c1-11-9-12(2)14(13(3)10-11)15(18)17-8-6-4-5-7-16/h9-10H,4-8H2,1-3H3,(H,17,18). The maximum Gasteiger partial charge on any atom is 0.251 e. The van der Waals surface area contributed by atoms with Gasteiger partial charge in [-0.15, -0.1) is 0 Å². The number of unbranched alkanes of at least 4 members (excludes halogenated alkanes) is 2. The molecule has 0 aliphatic rings. The van der Waals surface area contributed by atoms with E-state index in [2.05, 4.69) is 47.0 Å².